The van der Waals surface area contributed by atoms with Gasteiger partial charge in [-0.15, -0.1) is 11.3 Å². The molecule has 0 saturated heterocycles. The van der Waals surface area contributed by atoms with Gasteiger partial charge < -0.3 is 0 Å². The molecule has 0 radical (unpaired) electrons. The van der Waals surface area contributed by atoms with E-state index in [0.29, 0.717) is 0 Å². The SMILES string of the molecule is Cc1cc(C)c(-c2c(C)sc3nccn23)c(C)c1. The molecule has 0 N–H and O–H groups in total. The van der Waals surface area contributed by atoms with E-state index in [1.54, 1.807) is 11.3 Å². The first-order valence-electron chi connectivity index (χ1n) is 6.08. The molecule has 1 aromatic carbocycles. The molecular formula is C15H16N2S. The van der Waals surface area contributed by atoms with E-state index in [0.717, 1.165) is 4.96 Å². The van der Waals surface area contributed by atoms with Gasteiger partial charge in [-0.1, -0.05) is 17.7 Å². The molecule has 0 aliphatic heterocycles. The smallest absolute Gasteiger partial charge is 0.194 e. The van der Waals surface area contributed by atoms with Crippen LogP contribution in [-0.2, 0) is 0 Å². The van der Waals surface area contributed by atoms with Gasteiger partial charge in [0, 0.05) is 22.8 Å². The van der Waals surface area contributed by atoms with Crippen LogP contribution in [0.15, 0.2) is 24.5 Å². The third kappa shape index (κ3) is 1.58. The summed E-state index contributed by atoms with van der Waals surface area (Å²) < 4.78 is 2.20. The van der Waals surface area contributed by atoms with Crippen molar-refractivity contribution in [2.45, 2.75) is 27.7 Å². The van der Waals surface area contributed by atoms with E-state index in [1.165, 1.54) is 32.8 Å². The minimum absolute atomic E-state index is 1.07. The van der Waals surface area contributed by atoms with Crippen LogP contribution < -0.4 is 0 Å². The van der Waals surface area contributed by atoms with Gasteiger partial charge in [0.25, 0.3) is 0 Å². The maximum atomic E-state index is 4.38. The fraction of sp³-hybridized carbons (Fsp3) is 0.267. The van der Waals surface area contributed by atoms with E-state index in [1.807, 2.05) is 12.4 Å². The number of thiazole rings is 1. The molecule has 3 rings (SSSR count). The van der Waals surface area contributed by atoms with Crippen LogP contribution in [0.25, 0.3) is 16.2 Å². The van der Waals surface area contributed by atoms with E-state index < -0.39 is 0 Å². The number of rotatable bonds is 1. The number of fused-ring (bicyclic) bond motifs is 1. The predicted molar refractivity (Wildman–Crippen MR) is 77.5 cm³/mol. The number of aryl methyl sites for hydroxylation is 4. The number of imidazole rings is 1. The standard InChI is InChI=1S/C15H16N2S/c1-9-7-10(2)13(11(3)8-9)14-12(4)18-15-16-5-6-17(14)15/h5-8H,1-4H3. The maximum Gasteiger partial charge on any atom is 0.194 e. The van der Waals surface area contributed by atoms with Gasteiger partial charge >= 0.3 is 0 Å². The predicted octanol–water partition coefficient (Wildman–Crippen LogP) is 4.30. The van der Waals surface area contributed by atoms with Crippen molar-refractivity contribution < 1.29 is 0 Å². The lowest BCUT2D eigenvalue weighted by molar-refractivity contribution is 1.19. The molecule has 3 aromatic rings. The van der Waals surface area contributed by atoms with Gasteiger partial charge in [-0.3, -0.25) is 4.40 Å². The van der Waals surface area contributed by atoms with Crippen LogP contribution in [0.2, 0.25) is 0 Å². The molecule has 0 aliphatic carbocycles. The van der Waals surface area contributed by atoms with Crippen molar-refractivity contribution >= 4 is 16.3 Å². The van der Waals surface area contributed by atoms with Crippen LogP contribution >= 0.6 is 11.3 Å². The molecule has 0 amide bonds. The minimum atomic E-state index is 1.07. The number of hydrogen-bond donors (Lipinski definition) is 0. The summed E-state index contributed by atoms with van der Waals surface area (Å²) in [5, 5.41) is 0. The third-order valence-corrected chi connectivity index (χ3v) is 4.32. The molecule has 92 valence electrons. The van der Waals surface area contributed by atoms with E-state index in [4.69, 9.17) is 0 Å². The third-order valence-electron chi connectivity index (χ3n) is 3.34. The zero-order valence-electron chi connectivity index (χ0n) is 11.1. The second kappa shape index (κ2) is 3.95. The summed E-state index contributed by atoms with van der Waals surface area (Å²) in [6.07, 6.45) is 3.92. The molecule has 3 heteroatoms. The van der Waals surface area contributed by atoms with E-state index >= 15 is 0 Å². The Morgan fingerprint density at radius 2 is 1.72 bits per heavy atom. The quantitative estimate of drug-likeness (QED) is 0.634. The van der Waals surface area contributed by atoms with Gasteiger partial charge in [-0.05, 0) is 38.8 Å². The van der Waals surface area contributed by atoms with Crippen molar-refractivity contribution in [2.24, 2.45) is 0 Å². The van der Waals surface area contributed by atoms with Crippen molar-refractivity contribution in [2.75, 3.05) is 0 Å². The highest BCUT2D eigenvalue weighted by Crippen LogP contribution is 2.35. The summed E-state index contributed by atoms with van der Waals surface area (Å²) in [7, 11) is 0. The summed E-state index contributed by atoms with van der Waals surface area (Å²) in [5.41, 5.74) is 6.64. The van der Waals surface area contributed by atoms with Crippen LogP contribution in [0.4, 0.5) is 0 Å². The molecule has 0 unspecified atom stereocenters. The Morgan fingerprint density at radius 1 is 1.06 bits per heavy atom. The lowest BCUT2D eigenvalue weighted by atomic mass is 9.97. The average Bonchev–Trinajstić information content (AvgIpc) is 2.80. The molecule has 0 saturated carbocycles. The highest BCUT2D eigenvalue weighted by molar-refractivity contribution is 7.17. The molecule has 0 spiro atoms. The lowest BCUT2D eigenvalue weighted by Gasteiger charge is -2.11. The van der Waals surface area contributed by atoms with Gasteiger partial charge in [0.1, 0.15) is 0 Å². The minimum Gasteiger partial charge on any atom is -0.290 e. The van der Waals surface area contributed by atoms with Crippen molar-refractivity contribution in [1.82, 2.24) is 9.38 Å². The molecule has 18 heavy (non-hydrogen) atoms. The molecular weight excluding hydrogens is 240 g/mol. The van der Waals surface area contributed by atoms with Gasteiger partial charge in [0.05, 0.1) is 5.69 Å². The summed E-state index contributed by atoms with van der Waals surface area (Å²) in [5.74, 6) is 0. The van der Waals surface area contributed by atoms with Crippen molar-refractivity contribution in [3.05, 3.63) is 46.1 Å². The van der Waals surface area contributed by atoms with Crippen LogP contribution in [0.5, 0.6) is 0 Å². The highest BCUT2D eigenvalue weighted by atomic mass is 32.1. The first-order chi connectivity index (χ1) is 8.58. The van der Waals surface area contributed by atoms with Crippen molar-refractivity contribution in [3.8, 4) is 11.3 Å². The van der Waals surface area contributed by atoms with E-state index in [2.05, 4.69) is 49.2 Å². The maximum absolute atomic E-state index is 4.38. The van der Waals surface area contributed by atoms with Gasteiger partial charge in [-0.25, -0.2) is 4.98 Å². The summed E-state index contributed by atoms with van der Waals surface area (Å²) in [4.78, 5) is 6.78. The first-order valence-corrected chi connectivity index (χ1v) is 6.90. The van der Waals surface area contributed by atoms with E-state index in [9.17, 15) is 0 Å². The zero-order chi connectivity index (χ0) is 12.9. The normalized spacial score (nSPS) is 11.3. The number of benzene rings is 1. The first kappa shape index (κ1) is 11.5. The molecule has 2 nitrogen and oxygen atoms in total. The van der Waals surface area contributed by atoms with Gasteiger partial charge in [-0.2, -0.15) is 0 Å². The van der Waals surface area contributed by atoms with Crippen LogP contribution in [0.3, 0.4) is 0 Å². The molecule has 0 bridgehead atoms. The summed E-state index contributed by atoms with van der Waals surface area (Å²) in [6, 6.07) is 4.50. The van der Waals surface area contributed by atoms with Crippen LogP contribution in [0.1, 0.15) is 21.6 Å². The Labute approximate surface area is 111 Å². The fourth-order valence-electron chi connectivity index (χ4n) is 2.74. The molecule has 2 aromatic heterocycles. The number of hydrogen-bond acceptors (Lipinski definition) is 2. The Morgan fingerprint density at radius 3 is 2.39 bits per heavy atom. The highest BCUT2D eigenvalue weighted by Gasteiger charge is 2.15. The summed E-state index contributed by atoms with van der Waals surface area (Å²) in [6.45, 7) is 8.70. The topological polar surface area (TPSA) is 17.3 Å². The van der Waals surface area contributed by atoms with Crippen molar-refractivity contribution in [3.63, 3.8) is 0 Å². The lowest BCUT2D eigenvalue weighted by Crippen LogP contribution is -1.94. The molecule has 2 heterocycles. The van der Waals surface area contributed by atoms with Crippen molar-refractivity contribution in [1.29, 1.82) is 0 Å². The van der Waals surface area contributed by atoms with Crippen LogP contribution in [-0.4, -0.2) is 9.38 Å². The second-order valence-electron chi connectivity index (χ2n) is 4.86. The number of aromatic nitrogens is 2. The Kier molecular flexibility index (Phi) is 2.52. The summed E-state index contributed by atoms with van der Waals surface area (Å²) >= 11 is 1.75. The monoisotopic (exact) mass is 256 g/mol. The number of nitrogens with zero attached hydrogens (tertiary/aromatic N) is 2. The molecule has 0 fully saturated rings. The van der Waals surface area contributed by atoms with Crippen LogP contribution in [0, 0.1) is 27.7 Å². The second-order valence-corrected chi connectivity index (χ2v) is 6.04. The Bertz CT molecular complexity index is 711. The average molecular weight is 256 g/mol. The fourth-order valence-corrected chi connectivity index (χ4v) is 3.68. The Balaban J connectivity index is 2.39. The molecule has 0 atom stereocenters. The largest absolute Gasteiger partial charge is 0.290 e. The Hall–Kier alpha value is -1.61. The zero-order valence-corrected chi connectivity index (χ0v) is 11.9. The van der Waals surface area contributed by atoms with Gasteiger partial charge in [0.15, 0.2) is 4.96 Å². The molecule has 0 aliphatic rings. The van der Waals surface area contributed by atoms with E-state index in [-0.39, 0.29) is 0 Å². The van der Waals surface area contributed by atoms with Gasteiger partial charge in [0.2, 0.25) is 0 Å².